The van der Waals surface area contributed by atoms with Gasteiger partial charge < -0.3 is 10.6 Å². The Morgan fingerprint density at radius 1 is 0.955 bits per heavy atom. The number of nitrogens with zero attached hydrogens (tertiary/aromatic N) is 2. The number of carbonyl (C=O) groups is 1. The van der Waals surface area contributed by atoms with Crippen molar-refractivity contribution < 1.29 is 4.79 Å². The molecule has 0 radical (unpaired) electrons. The van der Waals surface area contributed by atoms with Crippen molar-refractivity contribution in [2.45, 2.75) is 0 Å². The molecular formula is C17H14N4O. The van der Waals surface area contributed by atoms with Gasteiger partial charge in [-0.15, -0.1) is 0 Å². The van der Waals surface area contributed by atoms with Crippen LogP contribution >= 0.6 is 0 Å². The molecule has 22 heavy (non-hydrogen) atoms. The Bertz CT molecular complexity index is 933. The van der Waals surface area contributed by atoms with Crippen molar-refractivity contribution >= 4 is 28.1 Å². The fraction of sp³-hybridized carbons (Fsp3) is 0.118. The van der Waals surface area contributed by atoms with Gasteiger partial charge in [-0.2, -0.15) is 0 Å². The number of rotatable bonds is 2. The van der Waals surface area contributed by atoms with E-state index in [-0.39, 0.29) is 5.78 Å². The van der Waals surface area contributed by atoms with Crippen LogP contribution in [0.3, 0.4) is 0 Å². The van der Waals surface area contributed by atoms with Crippen LogP contribution in [0.5, 0.6) is 0 Å². The average Bonchev–Trinajstić information content (AvgIpc) is 2.58. The van der Waals surface area contributed by atoms with E-state index in [0.717, 1.165) is 33.5 Å². The Morgan fingerprint density at radius 2 is 1.68 bits per heavy atom. The summed E-state index contributed by atoms with van der Waals surface area (Å²) in [4.78, 5) is 21.8. The van der Waals surface area contributed by atoms with Crippen LogP contribution in [0.15, 0.2) is 36.7 Å². The Morgan fingerprint density at radius 3 is 2.41 bits per heavy atom. The molecule has 1 aliphatic carbocycles. The molecule has 4 rings (SSSR count). The van der Waals surface area contributed by atoms with Gasteiger partial charge in [0, 0.05) is 36.3 Å². The lowest BCUT2D eigenvalue weighted by Gasteiger charge is -2.22. The zero-order valence-electron chi connectivity index (χ0n) is 12.3. The van der Waals surface area contributed by atoms with Gasteiger partial charge in [0.15, 0.2) is 5.78 Å². The topological polar surface area (TPSA) is 66.9 Å². The van der Waals surface area contributed by atoms with Crippen molar-refractivity contribution in [1.29, 1.82) is 0 Å². The molecule has 0 fully saturated rings. The number of benzene rings is 2. The largest absolute Gasteiger partial charge is 0.387 e. The quantitative estimate of drug-likeness (QED) is 0.594. The van der Waals surface area contributed by atoms with E-state index in [4.69, 9.17) is 0 Å². The highest BCUT2D eigenvalue weighted by Gasteiger charge is 2.29. The minimum absolute atomic E-state index is 0.00917. The standard InChI is InChI=1S/C17H14N4O/c1-18-11-7-12(19-2)16-14-13(11)17(22)10-6-4-3-5-9(10)15(14)20-8-21-16/h3-8,18-19H,1-2H3. The lowest BCUT2D eigenvalue weighted by molar-refractivity contribution is 0.104. The Hall–Kier alpha value is -2.95. The van der Waals surface area contributed by atoms with Crippen molar-refractivity contribution in [3.8, 4) is 11.3 Å². The zero-order valence-corrected chi connectivity index (χ0v) is 12.3. The SMILES string of the molecule is CNc1cc(NC)c2ncnc3c2c1C(=O)c1ccccc1-3. The van der Waals surface area contributed by atoms with E-state index >= 15 is 0 Å². The summed E-state index contributed by atoms with van der Waals surface area (Å²) in [6.07, 6.45) is 1.55. The van der Waals surface area contributed by atoms with Crippen LogP contribution in [0.25, 0.3) is 22.2 Å². The first-order valence-corrected chi connectivity index (χ1v) is 7.07. The zero-order chi connectivity index (χ0) is 15.3. The number of carbonyl (C=O) groups excluding carboxylic acids is 1. The molecule has 0 unspecified atom stereocenters. The number of hydrogen-bond acceptors (Lipinski definition) is 5. The van der Waals surface area contributed by atoms with Crippen molar-refractivity contribution in [3.63, 3.8) is 0 Å². The third-order valence-corrected chi connectivity index (χ3v) is 4.10. The summed E-state index contributed by atoms with van der Waals surface area (Å²) >= 11 is 0. The molecule has 0 atom stereocenters. The van der Waals surface area contributed by atoms with Gasteiger partial charge in [-0.1, -0.05) is 24.3 Å². The van der Waals surface area contributed by atoms with E-state index < -0.39 is 0 Å². The van der Waals surface area contributed by atoms with Crippen LogP contribution in [-0.4, -0.2) is 29.8 Å². The van der Waals surface area contributed by atoms with Crippen molar-refractivity contribution in [2.75, 3.05) is 24.7 Å². The molecule has 3 aromatic rings. The van der Waals surface area contributed by atoms with E-state index in [1.54, 1.807) is 6.33 Å². The molecule has 5 heteroatoms. The van der Waals surface area contributed by atoms with E-state index in [0.29, 0.717) is 11.1 Å². The highest BCUT2D eigenvalue weighted by molar-refractivity contribution is 6.28. The molecule has 0 amide bonds. The van der Waals surface area contributed by atoms with Gasteiger partial charge in [0.1, 0.15) is 6.33 Å². The van der Waals surface area contributed by atoms with Gasteiger partial charge in [0.2, 0.25) is 0 Å². The highest BCUT2D eigenvalue weighted by Crippen LogP contribution is 2.42. The monoisotopic (exact) mass is 290 g/mol. The summed E-state index contributed by atoms with van der Waals surface area (Å²) in [6.45, 7) is 0. The Balaban J connectivity index is 2.25. The van der Waals surface area contributed by atoms with Crippen LogP contribution in [0.2, 0.25) is 0 Å². The van der Waals surface area contributed by atoms with E-state index in [9.17, 15) is 4.79 Å². The fourth-order valence-electron chi connectivity index (χ4n) is 3.10. The predicted molar refractivity (Wildman–Crippen MR) is 87.5 cm³/mol. The maximum atomic E-state index is 13.0. The molecule has 2 N–H and O–H groups in total. The molecule has 0 bridgehead atoms. The normalized spacial score (nSPS) is 12.2. The van der Waals surface area contributed by atoms with Crippen molar-refractivity contribution in [2.24, 2.45) is 0 Å². The first-order chi connectivity index (χ1) is 10.8. The molecular weight excluding hydrogens is 276 g/mol. The van der Waals surface area contributed by atoms with Crippen LogP contribution in [0, 0.1) is 0 Å². The smallest absolute Gasteiger partial charge is 0.196 e. The van der Waals surface area contributed by atoms with Gasteiger partial charge in [-0.05, 0) is 6.07 Å². The molecule has 5 nitrogen and oxygen atoms in total. The summed E-state index contributed by atoms with van der Waals surface area (Å²) in [5, 5.41) is 7.07. The summed E-state index contributed by atoms with van der Waals surface area (Å²) in [5.41, 5.74) is 5.43. The Labute approximate surface area is 127 Å². The molecule has 0 saturated carbocycles. The van der Waals surface area contributed by atoms with Gasteiger partial charge in [-0.25, -0.2) is 9.97 Å². The predicted octanol–water partition coefficient (Wildman–Crippen LogP) is 2.92. The number of anilines is 2. The molecule has 0 spiro atoms. The number of nitrogens with one attached hydrogen (secondary N) is 2. The second kappa shape index (κ2) is 4.53. The van der Waals surface area contributed by atoms with Crippen LogP contribution in [0.1, 0.15) is 15.9 Å². The molecule has 1 heterocycles. The first-order valence-electron chi connectivity index (χ1n) is 7.07. The van der Waals surface area contributed by atoms with Crippen molar-refractivity contribution in [1.82, 2.24) is 9.97 Å². The summed E-state index contributed by atoms with van der Waals surface area (Å²) in [7, 11) is 3.66. The maximum absolute atomic E-state index is 13.0. The highest BCUT2D eigenvalue weighted by atomic mass is 16.1. The third-order valence-electron chi connectivity index (χ3n) is 4.10. The number of hydrogen-bond donors (Lipinski definition) is 2. The number of aromatic nitrogens is 2. The summed E-state index contributed by atoms with van der Waals surface area (Å²) in [6, 6.07) is 9.50. The summed E-state index contributed by atoms with van der Waals surface area (Å²) < 4.78 is 0. The van der Waals surface area contributed by atoms with Gasteiger partial charge in [0.25, 0.3) is 0 Å². The van der Waals surface area contributed by atoms with Crippen LogP contribution in [-0.2, 0) is 0 Å². The van der Waals surface area contributed by atoms with Crippen LogP contribution in [0.4, 0.5) is 11.4 Å². The molecule has 0 saturated heterocycles. The third kappa shape index (κ3) is 1.50. The minimum Gasteiger partial charge on any atom is -0.387 e. The molecule has 2 aromatic carbocycles. The number of fused-ring (bicyclic) bond motifs is 2. The second-order valence-electron chi connectivity index (χ2n) is 5.17. The van der Waals surface area contributed by atoms with E-state index in [1.165, 1.54) is 0 Å². The average molecular weight is 290 g/mol. The van der Waals surface area contributed by atoms with Crippen LogP contribution < -0.4 is 10.6 Å². The van der Waals surface area contributed by atoms with Gasteiger partial charge in [0.05, 0.1) is 22.5 Å². The molecule has 108 valence electrons. The molecule has 0 aliphatic heterocycles. The Kier molecular flexibility index (Phi) is 2.63. The summed E-state index contributed by atoms with van der Waals surface area (Å²) in [5.74, 6) is 0.00917. The maximum Gasteiger partial charge on any atom is 0.196 e. The minimum atomic E-state index is 0.00917. The van der Waals surface area contributed by atoms with E-state index in [1.807, 2.05) is 44.4 Å². The number of ketones is 1. The van der Waals surface area contributed by atoms with Gasteiger partial charge in [-0.3, -0.25) is 4.79 Å². The molecule has 1 aliphatic rings. The first kappa shape index (κ1) is 12.8. The second-order valence-corrected chi connectivity index (χ2v) is 5.17. The van der Waals surface area contributed by atoms with Crippen molar-refractivity contribution in [3.05, 3.63) is 47.8 Å². The lowest BCUT2D eigenvalue weighted by atomic mass is 9.85. The van der Waals surface area contributed by atoms with E-state index in [2.05, 4.69) is 20.6 Å². The fourth-order valence-corrected chi connectivity index (χ4v) is 3.10. The lowest BCUT2D eigenvalue weighted by Crippen LogP contribution is -2.14. The van der Waals surface area contributed by atoms with Gasteiger partial charge >= 0.3 is 0 Å². The molecule has 1 aromatic heterocycles.